The molecule has 0 aromatic heterocycles. The average molecular weight is 431 g/mol. The maximum absolute atomic E-state index is 13.0. The van der Waals surface area contributed by atoms with Gasteiger partial charge in [-0.05, 0) is 48.5 Å². The Labute approximate surface area is 173 Å². The minimum atomic E-state index is -3.90. The fourth-order valence-electron chi connectivity index (χ4n) is 2.54. The standard InChI is InChI=1S/C21H19FN2O3S2/c1-24(29(26,27)18-13-11-16(22)12-14-18)15-21(25)23-19-9-5-6-10-20(19)28-17-7-3-2-4-8-17/h2-14H,15H2,1H3,(H,23,25). The van der Waals surface area contributed by atoms with Crippen LogP contribution < -0.4 is 5.32 Å². The molecule has 0 atom stereocenters. The molecule has 8 heteroatoms. The van der Waals surface area contributed by atoms with Gasteiger partial charge in [-0.1, -0.05) is 42.1 Å². The zero-order chi connectivity index (χ0) is 20.9. The molecule has 0 saturated heterocycles. The summed E-state index contributed by atoms with van der Waals surface area (Å²) < 4.78 is 39.1. The summed E-state index contributed by atoms with van der Waals surface area (Å²) in [7, 11) is -2.59. The maximum Gasteiger partial charge on any atom is 0.243 e. The van der Waals surface area contributed by atoms with E-state index in [1.165, 1.54) is 30.9 Å². The van der Waals surface area contributed by atoms with Crippen LogP contribution in [0.4, 0.5) is 10.1 Å². The van der Waals surface area contributed by atoms with E-state index in [0.717, 1.165) is 26.2 Å². The summed E-state index contributed by atoms with van der Waals surface area (Å²) in [6.07, 6.45) is 0. The van der Waals surface area contributed by atoms with Crippen molar-refractivity contribution in [3.05, 3.63) is 84.7 Å². The number of hydrogen-bond donors (Lipinski definition) is 1. The Hall–Kier alpha value is -2.68. The molecular weight excluding hydrogens is 411 g/mol. The molecule has 0 saturated carbocycles. The van der Waals surface area contributed by atoms with Crippen molar-refractivity contribution >= 4 is 33.4 Å². The number of anilines is 1. The molecule has 0 unspecified atom stereocenters. The van der Waals surface area contributed by atoms with Crippen LogP contribution in [0.2, 0.25) is 0 Å². The van der Waals surface area contributed by atoms with Gasteiger partial charge < -0.3 is 5.32 Å². The van der Waals surface area contributed by atoms with Crippen molar-refractivity contribution in [1.82, 2.24) is 4.31 Å². The summed E-state index contributed by atoms with van der Waals surface area (Å²) in [5.74, 6) is -1.00. The van der Waals surface area contributed by atoms with Crippen molar-refractivity contribution in [3.8, 4) is 0 Å². The number of nitrogens with one attached hydrogen (secondary N) is 1. The summed E-state index contributed by atoms with van der Waals surface area (Å²) in [5.41, 5.74) is 0.596. The van der Waals surface area contributed by atoms with Crippen LogP contribution in [-0.2, 0) is 14.8 Å². The van der Waals surface area contributed by atoms with Gasteiger partial charge in [0.05, 0.1) is 17.1 Å². The molecule has 0 radical (unpaired) electrons. The zero-order valence-corrected chi connectivity index (χ0v) is 17.2. The van der Waals surface area contributed by atoms with Gasteiger partial charge in [0.2, 0.25) is 15.9 Å². The Morgan fingerprint density at radius 3 is 2.28 bits per heavy atom. The molecular formula is C21H19FN2O3S2. The van der Waals surface area contributed by atoms with E-state index in [0.29, 0.717) is 5.69 Å². The quantitative estimate of drug-likeness (QED) is 0.609. The topological polar surface area (TPSA) is 66.5 Å². The zero-order valence-electron chi connectivity index (χ0n) is 15.6. The Morgan fingerprint density at radius 2 is 1.59 bits per heavy atom. The normalized spacial score (nSPS) is 11.4. The predicted octanol–water partition coefficient (Wildman–Crippen LogP) is 4.24. The molecule has 0 aliphatic rings. The third kappa shape index (κ3) is 5.44. The van der Waals surface area contributed by atoms with E-state index >= 15 is 0 Å². The highest BCUT2D eigenvalue weighted by Crippen LogP contribution is 2.33. The average Bonchev–Trinajstić information content (AvgIpc) is 2.70. The Bertz CT molecular complexity index is 1090. The molecule has 29 heavy (non-hydrogen) atoms. The number of benzene rings is 3. The van der Waals surface area contributed by atoms with Gasteiger partial charge in [-0.25, -0.2) is 12.8 Å². The highest BCUT2D eigenvalue weighted by Gasteiger charge is 2.23. The first-order valence-electron chi connectivity index (χ1n) is 8.70. The van der Waals surface area contributed by atoms with E-state index in [1.807, 2.05) is 42.5 Å². The lowest BCUT2D eigenvalue weighted by atomic mass is 10.3. The maximum atomic E-state index is 13.0. The minimum Gasteiger partial charge on any atom is -0.324 e. The second-order valence-corrected chi connectivity index (χ2v) is 9.33. The molecule has 3 aromatic carbocycles. The Balaban J connectivity index is 1.70. The lowest BCUT2D eigenvalue weighted by Crippen LogP contribution is -2.35. The molecule has 150 valence electrons. The van der Waals surface area contributed by atoms with Crippen LogP contribution in [0.3, 0.4) is 0 Å². The first-order chi connectivity index (χ1) is 13.9. The number of likely N-dealkylation sites (N-methyl/N-ethyl adjacent to an activating group) is 1. The molecule has 3 aromatic rings. The van der Waals surface area contributed by atoms with Gasteiger partial charge in [0.1, 0.15) is 5.82 Å². The van der Waals surface area contributed by atoms with Crippen LogP contribution in [0.25, 0.3) is 0 Å². The third-order valence-corrected chi connectivity index (χ3v) is 6.92. The number of carbonyl (C=O) groups is 1. The molecule has 0 bridgehead atoms. The number of rotatable bonds is 7. The van der Waals surface area contributed by atoms with E-state index in [4.69, 9.17) is 0 Å². The monoisotopic (exact) mass is 430 g/mol. The van der Waals surface area contributed by atoms with E-state index in [-0.39, 0.29) is 11.4 Å². The van der Waals surface area contributed by atoms with Gasteiger partial charge in [-0.2, -0.15) is 4.31 Å². The molecule has 5 nitrogen and oxygen atoms in total. The van der Waals surface area contributed by atoms with E-state index in [1.54, 1.807) is 12.1 Å². The molecule has 0 aliphatic heterocycles. The minimum absolute atomic E-state index is 0.0748. The fraction of sp³-hybridized carbons (Fsp3) is 0.0952. The highest BCUT2D eigenvalue weighted by molar-refractivity contribution is 7.99. The summed E-state index contributed by atoms with van der Waals surface area (Å²) >= 11 is 1.50. The third-order valence-electron chi connectivity index (χ3n) is 4.02. The molecule has 0 fully saturated rings. The van der Waals surface area contributed by atoms with Crippen molar-refractivity contribution in [2.24, 2.45) is 0 Å². The molecule has 0 heterocycles. The van der Waals surface area contributed by atoms with Gasteiger partial charge in [0, 0.05) is 16.8 Å². The number of para-hydroxylation sites is 1. The largest absolute Gasteiger partial charge is 0.324 e. The lowest BCUT2D eigenvalue weighted by Gasteiger charge is -2.17. The SMILES string of the molecule is CN(CC(=O)Nc1ccccc1Sc1ccccc1)S(=O)(=O)c1ccc(F)cc1. The van der Waals surface area contributed by atoms with Crippen LogP contribution >= 0.6 is 11.8 Å². The summed E-state index contributed by atoms with van der Waals surface area (Å²) in [6, 6.07) is 21.5. The number of amides is 1. The fourth-order valence-corrected chi connectivity index (χ4v) is 4.59. The summed E-state index contributed by atoms with van der Waals surface area (Å²) in [6.45, 7) is -0.371. The summed E-state index contributed by atoms with van der Waals surface area (Å²) in [5, 5.41) is 2.77. The van der Waals surface area contributed by atoms with E-state index in [2.05, 4.69) is 5.32 Å². The van der Waals surface area contributed by atoms with Gasteiger partial charge in [0.25, 0.3) is 0 Å². The Kier molecular flexibility index (Phi) is 6.68. The predicted molar refractivity (Wildman–Crippen MR) is 112 cm³/mol. The van der Waals surface area contributed by atoms with Gasteiger partial charge in [-0.15, -0.1) is 0 Å². The Morgan fingerprint density at radius 1 is 0.966 bits per heavy atom. The van der Waals surface area contributed by atoms with Gasteiger partial charge >= 0.3 is 0 Å². The first-order valence-corrected chi connectivity index (χ1v) is 11.0. The van der Waals surface area contributed by atoms with Crippen LogP contribution in [0.15, 0.2) is 93.5 Å². The van der Waals surface area contributed by atoms with E-state index < -0.39 is 21.7 Å². The van der Waals surface area contributed by atoms with Crippen LogP contribution in [0.1, 0.15) is 0 Å². The second-order valence-electron chi connectivity index (χ2n) is 6.17. The number of nitrogens with zero attached hydrogens (tertiary/aromatic N) is 1. The number of halogens is 1. The highest BCUT2D eigenvalue weighted by atomic mass is 32.2. The smallest absolute Gasteiger partial charge is 0.243 e. The van der Waals surface area contributed by atoms with Gasteiger partial charge in [0.15, 0.2) is 0 Å². The van der Waals surface area contributed by atoms with Gasteiger partial charge in [-0.3, -0.25) is 4.79 Å². The number of carbonyl (C=O) groups excluding carboxylic acids is 1. The molecule has 0 aliphatic carbocycles. The van der Waals surface area contributed by atoms with Crippen molar-refractivity contribution in [2.75, 3.05) is 18.9 Å². The van der Waals surface area contributed by atoms with Crippen LogP contribution in [0.5, 0.6) is 0 Å². The van der Waals surface area contributed by atoms with Crippen molar-refractivity contribution < 1.29 is 17.6 Å². The molecule has 1 amide bonds. The van der Waals surface area contributed by atoms with Crippen molar-refractivity contribution in [3.63, 3.8) is 0 Å². The lowest BCUT2D eigenvalue weighted by molar-refractivity contribution is -0.116. The first kappa shape index (κ1) is 21.0. The van der Waals surface area contributed by atoms with Crippen molar-refractivity contribution in [1.29, 1.82) is 0 Å². The second kappa shape index (κ2) is 9.21. The number of sulfonamides is 1. The van der Waals surface area contributed by atoms with E-state index in [9.17, 15) is 17.6 Å². The van der Waals surface area contributed by atoms with Crippen LogP contribution in [0, 0.1) is 5.82 Å². The van der Waals surface area contributed by atoms with Crippen molar-refractivity contribution in [2.45, 2.75) is 14.7 Å². The molecule has 3 rings (SSSR count). The number of hydrogen-bond acceptors (Lipinski definition) is 4. The summed E-state index contributed by atoms with van der Waals surface area (Å²) in [4.78, 5) is 14.3. The molecule has 1 N–H and O–H groups in total. The molecule has 0 spiro atoms. The van der Waals surface area contributed by atoms with Crippen LogP contribution in [-0.4, -0.2) is 32.2 Å².